The third-order valence-electron chi connectivity index (χ3n) is 7.18. The van der Waals surface area contributed by atoms with E-state index >= 15 is 0 Å². The highest BCUT2D eigenvalue weighted by Crippen LogP contribution is 2.70. The zero-order valence-corrected chi connectivity index (χ0v) is 13.5. The molecule has 4 rings (SSSR count). The lowest BCUT2D eigenvalue weighted by Crippen LogP contribution is -2.54. The minimum Gasteiger partial charge on any atom is -0.381 e. The van der Waals surface area contributed by atoms with Crippen LogP contribution in [0.4, 0.5) is 0 Å². The van der Waals surface area contributed by atoms with E-state index in [1.807, 2.05) is 30.3 Å². The monoisotopic (exact) mass is 300 g/mol. The van der Waals surface area contributed by atoms with Crippen LogP contribution in [0.1, 0.15) is 51.7 Å². The summed E-state index contributed by atoms with van der Waals surface area (Å²) in [5, 5.41) is 11.3. The van der Waals surface area contributed by atoms with Crippen LogP contribution < -0.4 is 0 Å². The SMILES string of the molecule is CC1(C)[C@@H]2CC[C@@]1(C)[C@@](O)(C(=O)[C@H]1O[C@@H]1c1ccccc1)C2. The number of Topliss-reactive ketones (excluding diaryl/α,β-unsaturated/α-hetero) is 1. The predicted octanol–water partition coefficient (Wildman–Crippen LogP) is 3.27. The molecule has 3 nitrogen and oxygen atoms in total. The van der Waals surface area contributed by atoms with Crippen LogP contribution in [0.5, 0.6) is 0 Å². The molecule has 0 amide bonds. The summed E-state index contributed by atoms with van der Waals surface area (Å²) < 4.78 is 5.65. The maximum absolute atomic E-state index is 13.0. The normalized spacial score (nSPS) is 45.0. The maximum Gasteiger partial charge on any atom is 0.196 e. The molecular weight excluding hydrogens is 276 g/mol. The van der Waals surface area contributed by atoms with E-state index < -0.39 is 11.7 Å². The average Bonchev–Trinajstić information content (AvgIpc) is 3.23. The summed E-state index contributed by atoms with van der Waals surface area (Å²) in [6.45, 7) is 6.51. The highest BCUT2D eigenvalue weighted by Gasteiger charge is 2.73. The fourth-order valence-electron chi connectivity index (χ4n) is 5.09. The lowest BCUT2D eigenvalue weighted by atomic mass is 9.62. The fourth-order valence-corrected chi connectivity index (χ4v) is 5.09. The van der Waals surface area contributed by atoms with Gasteiger partial charge in [-0.2, -0.15) is 0 Å². The van der Waals surface area contributed by atoms with E-state index in [0.717, 1.165) is 18.4 Å². The molecule has 2 saturated carbocycles. The van der Waals surface area contributed by atoms with Gasteiger partial charge in [0.1, 0.15) is 17.8 Å². The molecule has 5 atom stereocenters. The lowest BCUT2D eigenvalue weighted by molar-refractivity contribution is -0.156. The maximum atomic E-state index is 13.0. The quantitative estimate of drug-likeness (QED) is 0.872. The first-order valence-electron chi connectivity index (χ1n) is 8.28. The van der Waals surface area contributed by atoms with Crippen molar-refractivity contribution in [1.29, 1.82) is 0 Å². The van der Waals surface area contributed by atoms with Crippen LogP contribution in [0, 0.1) is 16.7 Å². The second kappa shape index (κ2) is 4.21. The molecule has 1 heterocycles. The van der Waals surface area contributed by atoms with Gasteiger partial charge in [-0.25, -0.2) is 0 Å². The molecule has 1 aromatic rings. The molecule has 2 aliphatic carbocycles. The van der Waals surface area contributed by atoms with Crippen molar-refractivity contribution in [2.45, 2.75) is 57.8 Å². The molecule has 1 aromatic carbocycles. The Morgan fingerprint density at radius 2 is 1.91 bits per heavy atom. The second-order valence-electron chi connectivity index (χ2n) is 8.11. The molecule has 0 aromatic heterocycles. The van der Waals surface area contributed by atoms with E-state index in [9.17, 15) is 9.90 Å². The molecular formula is C19H24O3. The predicted molar refractivity (Wildman–Crippen MR) is 83.2 cm³/mol. The van der Waals surface area contributed by atoms with E-state index in [1.165, 1.54) is 0 Å². The van der Waals surface area contributed by atoms with Crippen molar-refractivity contribution in [3.63, 3.8) is 0 Å². The van der Waals surface area contributed by atoms with Crippen molar-refractivity contribution in [3.8, 4) is 0 Å². The molecule has 3 fully saturated rings. The third-order valence-corrected chi connectivity index (χ3v) is 7.18. The van der Waals surface area contributed by atoms with Crippen molar-refractivity contribution in [2.24, 2.45) is 16.7 Å². The van der Waals surface area contributed by atoms with Crippen LogP contribution in [0.3, 0.4) is 0 Å². The van der Waals surface area contributed by atoms with E-state index in [2.05, 4.69) is 20.8 Å². The van der Waals surface area contributed by atoms with Crippen molar-refractivity contribution in [2.75, 3.05) is 0 Å². The standard InChI is InChI=1S/C19H24O3/c1-17(2)13-9-10-18(17,3)19(21,11-13)16(20)15-14(22-15)12-7-5-4-6-8-12/h4-8,13-15,21H,9-11H2,1-3H3/t13-,14-,15+,18-,19+/m1/s1. The number of rotatable bonds is 3. The Balaban J connectivity index is 1.60. The summed E-state index contributed by atoms with van der Waals surface area (Å²) >= 11 is 0. The van der Waals surface area contributed by atoms with E-state index in [4.69, 9.17) is 4.74 Å². The summed E-state index contributed by atoms with van der Waals surface area (Å²) in [7, 11) is 0. The van der Waals surface area contributed by atoms with Crippen LogP contribution >= 0.6 is 0 Å². The lowest BCUT2D eigenvalue weighted by Gasteiger charge is -2.44. The number of hydrogen-bond acceptors (Lipinski definition) is 3. The average molecular weight is 300 g/mol. The van der Waals surface area contributed by atoms with Crippen LogP contribution in [-0.4, -0.2) is 22.6 Å². The second-order valence-corrected chi connectivity index (χ2v) is 8.11. The molecule has 1 N–H and O–H groups in total. The zero-order valence-electron chi connectivity index (χ0n) is 13.5. The van der Waals surface area contributed by atoms with E-state index in [1.54, 1.807) is 0 Å². The van der Waals surface area contributed by atoms with Gasteiger partial charge in [0, 0.05) is 5.41 Å². The minimum absolute atomic E-state index is 0.00848. The number of ether oxygens (including phenoxy) is 1. The van der Waals surface area contributed by atoms with Crippen molar-refractivity contribution >= 4 is 5.78 Å². The minimum atomic E-state index is -1.23. The van der Waals surface area contributed by atoms with Crippen LogP contribution in [0.25, 0.3) is 0 Å². The van der Waals surface area contributed by atoms with Gasteiger partial charge in [-0.15, -0.1) is 0 Å². The number of carbonyl (C=O) groups excluding carboxylic acids is 1. The van der Waals surface area contributed by atoms with Gasteiger partial charge in [-0.05, 0) is 36.2 Å². The number of carbonyl (C=O) groups is 1. The van der Waals surface area contributed by atoms with Crippen molar-refractivity contribution in [3.05, 3.63) is 35.9 Å². The number of epoxide rings is 1. The molecule has 118 valence electrons. The van der Waals surface area contributed by atoms with Gasteiger partial charge >= 0.3 is 0 Å². The highest BCUT2D eigenvalue weighted by atomic mass is 16.6. The number of hydrogen-bond donors (Lipinski definition) is 1. The largest absolute Gasteiger partial charge is 0.381 e. The van der Waals surface area contributed by atoms with Gasteiger partial charge < -0.3 is 9.84 Å². The molecule has 3 heteroatoms. The summed E-state index contributed by atoms with van der Waals surface area (Å²) in [5.74, 6) is 0.333. The molecule has 22 heavy (non-hydrogen) atoms. The smallest absolute Gasteiger partial charge is 0.196 e. The first-order valence-corrected chi connectivity index (χ1v) is 8.28. The summed E-state index contributed by atoms with van der Waals surface area (Å²) in [6, 6.07) is 9.82. The summed E-state index contributed by atoms with van der Waals surface area (Å²) in [4.78, 5) is 13.0. The first kappa shape index (κ1) is 14.4. The van der Waals surface area contributed by atoms with Crippen molar-refractivity contribution < 1.29 is 14.6 Å². The number of aliphatic hydroxyl groups is 1. The molecule has 2 bridgehead atoms. The van der Waals surface area contributed by atoms with Crippen LogP contribution in [-0.2, 0) is 9.53 Å². The van der Waals surface area contributed by atoms with E-state index in [-0.39, 0.29) is 22.7 Å². The summed E-state index contributed by atoms with van der Waals surface area (Å²) in [5.41, 5.74) is -0.533. The third kappa shape index (κ3) is 1.56. The van der Waals surface area contributed by atoms with Gasteiger partial charge in [-0.1, -0.05) is 51.1 Å². The molecule has 0 spiro atoms. The van der Waals surface area contributed by atoms with Gasteiger partial charge in [0.2, 0.25) is 0 Å². The summed E-state index contributed by atoms with van der Waals surface area (Å²) in [6.07, 6.45) is 1.99. The Morgan fingerprint density at radius 1 is 1.23 bits per heavy atom. The van der Waals surface area contributed by atoms with Gasteiger partial charge in [-0.3, -0.25) is 4.79 Å². The topological polar surface area (TPSA) is 49.8 Å². The number of benzene rings is 1. The number of ketones is 1. The Morgan fingerprint density at radius 3 is 2.45 bits per heavy atom. The molecule has 1 saturated heterocycles. The highest BCUT2D eigenvalue weighted by molar-refractivity contribution is 5.95. The molecule has 1 aliphatic heterocycles. The van der Waals surface area contributed by atoms with E-state index in [0.29, 0.717) is 12.3 Å². The Labute approximate surface area is 131 Å². The number of fused-ring (bicyclic) bond motifs is 2. The Kier molecular flexibility index (Phi) is 2.76. The fraction of sp³-hybridized carbons (Fsp3) is 0.632. The van der Waals surface area contributed by atoms with Crippen LogP contribution in [0.2, 0.25) is 0 Å². The van der Waals surface area contributed by atoms with Crippen molar-refractivity contribution in [1.82, 2.24) is 0 Å². The molecule has 0 radical (unpaired) electrons. The molecule has 0 unspecified atom stereocenters. The van der Waals surface area contributed by atoms with Gasteiger partial charge in [0.05, 0.1) is 0 Å². The Bertz CT molecular complexity index is 623. The van der Waals surface area contributed by atoms with Gasteiger partial charge in [0.25, 0.3) is 0 Å². The Hall–Kier alpha value is -1.19. The first-order chi connectivity index (χ1) is 10.3. The molecule has 3 aliphatic rings. The van der Waals surface area contributed by atoms with Gasteiger partial charge in [0.15, 0.2) is 5.78 Å². The van der Waals surface area contributed by atoms with Crippen LogP contribution in [0.15, 0.2) is 30.3 Å². The zero-order chi connectivity index (χ0) is 15.8.